The van der Waals surface area contributed by atoms with Crippen LogP contribution in [-0.2, 0) is 14.2 Å². The maximum Gasteiger partial charge on any atom is 0.358 e. The second-order valence-corrected chi connectivity index (χ2v) is 6.14. The van der Waals surface area contributed by atoms with Crippen LogP contribution in [0.3, 0.4) is 0 Å². The van der Waals surface area contributed by atoms with Gasteiger partial charge in [0.15, 0.2) is 12.4 Å². The first-order valence-corrected chi connectivity index (χ1v) is 8.41. The fraction of sp³-hybridized carbons (Fsp3) is 0.588. The van der Waals surface area contributed by atoms with Crippen molar-refractivity contribution in [2.45, 2.75) is 57.9 Å². The molecule has 5 atom stereocenters. The summed E-state index contributed by atoms with van der Waals surface area (Å²) in [5, 5.41) is 20.4. The van der Waals surface area contributed by atoms with Crippen molar-refractivity contribution in [2.24, 2.45) is 0 Å². The number of hydrogen-bond acceptors (Lipinski definition) is 7. The van der Waals surface area contributed by atoms with Crippen LogP contribution in [0.15, 0.2) is 24.3 Å². The largest absolute Gasteiger partial charge is 0.447 e. The molecule has 2 N–H and O–H groups in total. The van der Waals surface area contributed by atoms with Gasteiger partial charge in [-0.05, 0) is 32.4 Å². The quantitative estimate of drug-likeness (QED) is 0.781. The highest BCUT2D eigenvalue weighted by molar-refractivity contribution is 7.79. The van der Waals surface area contributed by atoms with Gasteiger partial charge < -0.3 is 29.2 Å². The van der Waals surface area contributed by atoms with E-state index in [0.717, 1.165) is 12.0 Å². The van der Waals surface area contributed by atoms with Crippen molar-refractivity contribution >= 4 is 17.5 Å². The Morgan fingerprint density at radius 3 is 2.50 bits per heavy atom. The highest BCUT2D eigenvalue weighted by Crippen LogP contribution is 2.25. The average molecular weight is 356 g/mol. The molecule has 0 amide bonds. The number of aryl methyl sites for hydroxylation is 1. The van der Waals surface area contributed by atoms with Gasteiger partial charge in [0.05, 0.1) is 6.10 Å². The minimum absolute atomic E-state index is 0.176. The minimum Gasteiger partial charge on any atom is -0.447 e. The zero-order chi connectivity index (χ0) is 17.7. The zero-order valence-corrected chi connectivity index (χ0v) is 14.9. The molecule has 1 heterocycles. The van der Waals surface area contributed by atoms with Crippen LogP contribution in [0.25, 0.3) is 0 Å². The molecule has 0 aromatic heterocycles. The number of hydrogen-bond donors (Lipinski definition) is 2. The van der Waals surface area contributed by atoms with E-state index in [1.54, 1.807) is 19.1 Å². The maximum atomic E-state index is 10.3. The third kappa shape index (κ3) is 4.87. The van der Waals surface area contributed by atoms with Gasteiger partial charge in [-0.2, -0.15) is 0 Å². The monoisotopic (exact) mass is 356 g/mol. The van der Waals surface area contributed by atoms with Gasteiger partial charge in [0.25, 0.3) is 0 Å². The first-order valence-electron chi connectivity index (χ1n) is 8.00. The molecule has 0 spiro atoms. The van der Waals surface area contributed by atoms with Crippen molar-refractivity contribution in [3.05, 3.63) is 29.8 Å². The van der Waals surface area contributed by atoms with Crippen LogP contribution >= 0.6 is 12.2 Å². The summed E-state index contributed by atoms with van der Waals surface area (Å²) >= 11 is 5.07. The lowest BCUT2D eigenvalue weighted by Gasteiger charge is -2.40. The van der Waals surface area contributed by atoms with Crippen LogP contribution in [0.1, 0.15) is 25.8 Å². The van der Waals surface area contributed by atoms with E-state index >= 15 is 0 Å². The van der Waals surface area contributed by atoms with Crippen LogP contribution in [-0.4, -0.2) is 52.8 Å². The molecular weight excluding hydrogens is 332 g/mol. The van der Waals surface area contributed by atoms with Gasteiger partial charge in [0.2, 0.25) is 0 Å². The Balaban J connectivity index is 1.99. The normalized spacial score (nSPS) is 30.0. The predicted octanol–water partition coefficient (Wildman–Crippen LogP) is 1.94. The molecule has 1 saturated heterocycles. The Kier molecular flexibility index (Phi) is 6.94. The number of ether oxygens (including phenoxy) is 4. The average Bonchev–Trinajstić information content (AvgIpc) is 2.56. The fourth-order valence-electron chi connectivity index (χ4n) is 2.35. The Morgan fingerprint density at radius 1 is 1.21 bits per heavy atom. The third-order valence-electron chi connectivity index (χ3n) is 3.72. The van der Waals surface area contributed by atoms with Gasteiger partial charge in [0.1, 0.15) is 18.0 Å². The molecule has 0 saturated carbocycles. The van der Waals surface area contributed by atoms with E-state index in [-0.39, 0.29) is 5.24 Å². The number of thiocarbonyl (C=S) groups is 1. The molecule has 7 heteroatoms. The van der Waals surface area contributed by atoms with Gasteiger partial charge in [-0.1, -0.05) is 24.6 Å². The van der Waals surface area contributed by atoms with Crippen molar-refractivity contribution in [2.75, 3.05) is 6.61 Å². The second-order valence-electron chi connectivity index (χ2n) is 5.81. The topological polar surface area (TPSA) is 77.4 Å². The number of aliphatic hydroxyl groups excluding tert-OH is 2. The summed E-state index contributed by atoms with van der Waals surface area (Å²) in [7, 11) is 0. The molecule has 0 unspecified atom stereocenters. The van der Waals surface area contributed by atoms with Crippen LogP contribution in [0.5, 0.6) is 5.75 Å². The van der Waals surface area contributed by atoms with E-state index in [9.17, 15) is 10.2 Å². The molecule has 1 aliphatic rings. The summed E-state index contributed by atoms with van der Waals surface area (Å²) in [4.78, 5) is 0. The lowest BCUT2D eigenvalue weighted by molar-refractivity contribution is -0.291. The first kappa shape index (κ1) is 19.1. The number of rotatable bonds is 5. The van der Waals surface area contributed by atoms with Gasteiger partial charge in [0, 0.05) is 18.8 Å². The minimum atomic E-state index is -1.18. The Labute approximate surface area is 147 Å². The number of benzene rings is 1. The molecule has 1 aromatic carbocycles. The second kappa shape index (κ2) is 8.73. The van der Waals surface area contributed by atoms with E-state index in [4.69, 9.17) is 31.2 Å². The number of aliphatic hydroxyl groups is 2. The smallest absolute Gasteiger partial charge is 0.358 e. The highest BCUT2D eigenvalue weighted by atomic mass is 32.1. The van der Waals surface area contributed by atoms with Crippen LogP contribution in [0.2, 0.25) is 0 Å². The summed E-state index contributed by atoms with van der Waals surface area (Å²) in [6, 6.07) is 7.29. The standard InChI is InChI=1S/C17H24O6S/c1-4-9-20-16-14(19)15(13(18)11(3)21-16)23-17(24)22-12-7-5-10(2)6-8-12/h5-8,11,13-16,18-19H,4,9H2,1-3H3/t11-,13+,14-,15+,16+/m0/s1. The lowest BCUT2D eigenvalue weighted by atomic mass is 10.00. The maximum absolute atomic E-state index is 10.3. The fourth-order valence-corrected chi connectivity index (χ4v) is 2.55. The van der Waals surface area contributed by atoms with Crippen molar-refractivity contribution in [3.8, 4) is 5.75 Å². The molecule has 1 fully saturated rings. The summed E-state index contributed by atoms with van der Waals surface area (Å²) < 4.78 is 21.8. The van der Waals surface area contributed by atoms with Crippen LogP contribution < -0.4 is 4.74 Å². The molecule has 134 valence electrons. The molecule has 6 nitrogen and oxygen atoms in total. The van der Waals surface area contributed by atoms with Gasteiger partial charge in [-0.25, -0.2) is 0 Å². The van der Waals surface area contributed by atoms with Crippen LogP contribution in [0.4, 0.5) is 0 Å². The van der Waals surface area contributed by atoms with E-state index in [2.05, 4.69) is 0 Å². The predicted molar refractivity (Wildman–Crippen MR) is 91.9 cm³/mol. The van der Waals surface area contributed by atoms with E-state index < -0.39 is 30.7 Å². The third-order valence-corrected chi connectivity index (χ3v) is 3.90. The van der Waals surface area contributed by atoms with Crippen molar-refractivity contribution < 1.29 is 29.2 Å². The van der Waals surface area contributed by atoms with Gasteiger partial charge >= 0.3 is 5.24 Å². The molecule has 2 rings (SSSR count). The van der Waals surface area contributed by atoms with Gasteiger partial charge in [-0.3, -0.25) is 0 Å². The zero-order valence-electron chi connectivity index (χ0n) is 14.0. The molecular formula is C17H24O6S. The van der Waals surface area contributed by atoms with E-state index in [0.29, 0.717) is 12.4 Å². The van der Waals surface area contributed by atoms with Gasteiger partial charge in [-0.15, -0.1) is 0 Å². The van der Waals surface area contributed by atoms with Crippen molar-refractivity contribution in [1.82, 2.24) is 0 Å². The molecule has 0 aliphatic carbocycles. The molecule has 0 radical (unpaired) electrons. The van der Waals surface area contributed by atoms with E-state index in [1.807, 2.05) is 26.0 Å². The SMILES string of the molecule is CCCO[C@@H]1O[C@@H](C)[C@@H](O)[C@@H](OC(=S)Oc2ccc(C)cc2)[C@@H]1O. The first-order chi connectivity index (χ1) is 11.4. The molecule has 1 aliphatic heterocycles. The Hall–Kier alpha value is -1.25. The molecule has 24 heavy (non-hydrogen) atoms. The van der Waals surface area contributed by atoms with Crippen molar-refractivity contribution in [3.63, 3.8) is 0 Å². The summed E-state index contributed by atoms with van der Waals surface area (Å²) in [6.45, 7) is 6.03. The Morgan fingerprint density at radius 2 is 1.88 bits per heavy atom. The molecule has 0 bridgehead atoms. The summed E-state index contributed by atoms with van der Waals surface area (Å²) in [5.41, 5.74) is 1.09. The van der Waals surface area contributed by atoms with E-state index in [1.165, 1.54) is 0 Å². The lowest BCUT2D eigenvalue weighted by Crippen LogP contribution is -2.59. The summed E-state index contributed by atoms with van der Waals surface area (Å²) in [5.74, 6) is 0.522. The highest BCUT2D eigenvalue weighted by Gasteiger charge is 2.45. The summed E-state index contributed by atoms with van der Waals surface area (Å²) in [6.07, 6.45) is -3.89. The molecule has 1 aromatic rings. The Bertz CT molecular complexity index is 534. The van der Waals surface area contributed by atoms with Crippen molar-refractivity contribution in [1.29, 1.82) is 0 Å². The van der Waals surface area contributed by atoms with Crippen LogP contribution in [0, 0.1) is 6.92 Å².